The Balaban J connectivity index is 2.91. The highest BCUT2D eigenvalue weighted by atomic mass is 16.5. The normalized spacial score (nSPS) is 25.3. The summed E-state index contributed by atoms with van der Waals surface area (Å²) in [6.07, 6.45) is 5.24. The van der Waals surface area contributed by atoms with Crippen LogP contribution in [-0.4, -0.2) is 30.9 Å². The molecule has 1 saturated carbocycles. The number of methoxy groups -OCH3 is 1. The van der Waals surface area contributed by atoms with Crippen molar-refractivity contribution in [1.82, 2.24) is 0 Å². The highest BCUT2D eigenvalue weighted by Crippen LogP contribution is 2.39. The fourth-order valence-electron chi connectivity index (χ4n) is 3.31. The van der Waals surface area contributed by atoms with Crippen molar-refractivity contribution in [3.63, 3.8) is 0 Å². The number of carbonyl (C=O) groups excluding carboxylic acids is 3. The van der Waals surface area contributed by atoms with Gasteiger partial charge in [-0.15, -0.1) is 0 Å². The summed E-state index contributed by atoms with van der Waals surface area (Å²) in [6.45, 7) is 9.21. The van der Waals surface area contributed by atoms with Crippen molar-refractivity contribution in [2.45, 2.75) is 52.6 Å². The van der Waals surface area contributed by atoms with E-state index in [-0.39, 0.29) is 23.5 Å². The second kappa shape index (κ2) is 9.40. The predicted molar refractivity (Wildman–Crippen MR) is 91.1 cm³/mol. The zero-order valence-corrected chi connectivity index (χ0v) is 15.0. The van der Waals surface area contributed by atoms with E-state index in [4.69, 9.17) is 4.74 Å². The number of hydrogen-bond donors (Lipinski definition) is 0. The second-order valence-corrected chi connectivity index (χ2v) is 6.51. The standard InChI is InChI=1S/C19H28O5/c1-12(2)15-11-10-13(3)19(22)18(15)16(24-14(4)20)8-6-7-9-17(21)23-5/h7,9,13,15-16,18H,1,6,8,10-11H2,2-5H3/b9-7+/t13-,15+,16-,18+/m1/s1. The molecule has 134 valence electrons. The van der Waals surface area contributed by atoms with Crippen LogP contribution < -0.4 is 0 Å². The second-order valence-electron chi connectivity index (χ2n) is 6.51. The van der Waals surface area contributed by atoms with E-state index in [1.54, 1.807) is 6.08 Å². The van der Waals surface area contributed by atoms with Crippen LogP contribution in [0.25, 0.3) is 0 Å². The first-order valence-electron chi connectivity index (χ1n) is 8.38. The van der Waals surface area contributed by atoms with Crippen molar-refractivity contribution in [1.29, 1.82) is 0 Å². The van der Waals surface area contributed by atoms with Crippen LogP contribution in [0.5, 0.6) is 0 Å². The zero-order chi connectivity index (χ0) is 18.3. The summed E-state index contributed by atoms with van der Waals surface area (Å²) in [5.41, 5.74) is 0.947. The smallest absolute Gasteiger partial charge is 0.330 e. The Hall–Kier alpha value is -1.91. The molecule has 0 unspecified atom stereocenters. The molecule has 5 heteroatoms. The molecule has 1 aliphatic rings. The molecule has 0 aromatic heterocycles. The highest BCUT2D eigenvalue weighted by molar-refractivity contribution is 5.85. The molecule has 1 rings (SSSR count). The molecule has 4 atom stereocenters. The van der Waals surface area contributed by atoms with Gasteiger partial charge in [-0.25, -0.2) is 4.79 Å². The molecule has 0 aliphatic heterocycles. The molecule has 0 saturated heterocycles. The van der Waals surface area contributed by atoms with Crippen LogP contribution >= 0.6 is 0 Å². The minimum atomic E-state index is -0.498. The largest absolute Gasteiger partial charge is 0.466 e. The maximum atomic E-state index is 12.7. The van der Waals surface area contributed by atoms with E-state index >= 15 is 0 Å². The highest BCUT2D eigenvalue weighted by Gasteiger charge is 2.42. The SMILES string of the molecule is C=C(C)[C@@H]1CC[C@@H](C)C(=O)[C@@H]1[C@@H](CC/C=C/C(=O)OC)OC(C)=O. The number of carbonyl (C=O) groups is 3. The van der Waals surface area contributed by atoms with Gasteiger partial charge in [0.15, 0.2) is 0 Å². The van der Waals surface area contributed by atoms with Crippen molar-refractivity contribution in [2.24, 2.45) is 17.8 Å². The molecule has 0 heterocycles. The number of rotatable bonds is 7. The van der Waals surface area contributed by atoms with E-state index < -0.39 is 18.0 Å². The van der Waals surface area contributed by atoms with E-state index in [0.717, 1.165) is 18.4 Å². The van der Waals surface area contributed by atoms with Crippen LogP contribution in [-0.2, 0) is 23.9 Å². The van der Waals surface area contributed by atoms with Gasteiger partial charge in [0.25, 0.3) is 0 Å². The summed E-state index contributed by atoms with van der Waals surface area (Å²) in [6, 6.07) is 0. The lowest BCUT2D eigenvalue weighted by atomic mass is 9.68. The molecule has 0 bridgehead atoms. The van der Waals surface area contributed by atoms with Gasteiger partial charge in [0, 0.05) is 18.9 Å². The van der Waals surface area contributed by atoms with Gasteiger partial charge in [-0.2, -0.15) is 0 Å². The number of Topliss-reactive ketones (excluding diaryl/α,β-unsaturated/α-hetero) is 1. The summed E-state index contributed by atoms with van der Waals surface area (Å²) in [7, 11) is 1.31. The predicted octanol–water partition coefficient (Wildman–Crippen LogP) is 3.24. The summed E-state index contributed by atoms with van der Waals surface area (Å²) in [5, 5.41) is 0. The lowest BCUT2D eigenvalue weighted by molar-refractivity contribution is -0.155. The lowest BCUT2D eigenvalue weighted by Crippen LogP contribution is -2.43. The Labute approximate surface area is 144 Å². The fraction of sp³-hybridized carbons (Fsp3) is 0.632. The first kappa shape index (κ1) is 20.1. The minimum Gasteiger partial charge on any atom is -0.466 e. The summed E-state index contributed by atoms with van der Waals surface area (Å²) >= 11 is 0. The van der Waals surface area contributed by atoms with E-state index in [0.29, 0.717) is 12.8 Å². The van der Waals surface area contributed by atoms with Gasteiger partial charge in [-0.05, 0) is 38.5 Å². The van der Waals surface area contributed by atoms with Gasteiger partial charge in [-0.1, -0.05) is 25.2 Å². The van der Waals surface area contributed by atoms with Crippen molar-refractivity contribution in [3.05, 3.63) is 24.3 Å². The molecule has 0 N–H and O–H groups in total. The number of ether oxygens (including phenoxy) is 2. The molecule has 1 fully saturated rings. The molecular weight excluding hydrogens is 308 g/mol. The van der Waals surface area contributed by atoms with Crippen LogP contribution in [0.1, 0.15) is 46.5 Å². The molecule has 0 spiro atoms. The minimum absolute atomic E-state index is 0.0302. The average molecular weight is 336 g/mol. The molecule has 5 nitrogen and oxygen atoms in total. The zero-order valence-electron chi connectivity index (χ0n) is 15.0. The summed E-state index contributed by atoms with van der Waals surface area (Å²) in [5.74, 6) is -1.05. The Kier molecular flexibility index (Phi) is 7.89. The first-order chi connectivity index (χ1) is 11.3. The van der Waals surface area contributed by atoms with Crippen LogP contribution in [0, 0.1) is 17.8 Å². The topological polar surface area (TPSA) is 69.7 Å². The van der Waals surface area contributed by atoms with Crippen LogP contribution in [0.4, 0.5) is 0 Å². The molecule has 0 aromatic carbocycles. The maximum Gasteiger partial charge on any atom is 0.330 e. The Morgan fingerprint density at radius 2 is 2.00 bits per heavy atom. The van der Waals surface area contributed by atoms with Crippen LogP contribution in [0.2, 0.25) is 0 Å². The van der Waals surface area contributed by atoms with Gasteiger partial charge < -0.3 is 9.47 Å². The molecule has 1 aliphatic carbocycles. The lowest BCUT2D eigenvalue weighted by Gasteiger charge is -2.38. The van der Waals surface area contributed by atoms with Gasteiger partial charge in [0.2, 0.25) is 0 Å². The first-order valence-corrected chi connectivity index (χ1v) is 8.38. The number of allylic oxidation sites excluding steroid dienone is 2. The third kappa shape index (κ3) is 5.62. The van der Waals surface area contributed by atoms with Crippen molar-refractivity contribution < 1.29 is 23.9 Å². The quantitative estimate of drug-likeness (QED) is 0.405. The van der Waals surface area contributed by atoms with Crippen molar-refractivity contribution in [3.8, 4) is 0 Å². The van der Waals surface area contributed by atoms with Crippen molar-refractivity contribution >= 4 is 17.7 Å². The number of esters is 2. The average Bonchev–Trinajstić information content (AvgIpc) is 2.51. The van der Waals surface area contributed by atoms with Gasteiger partial charge in [-0.3, -0.25) is 9.59 Å². The Morgan fingerprint density at radius 3 is 2.54 bits per heavy atom. The van der Waals surface area contributed by atoms with Gasteiger partial charge >= 0.3 is 11.9 Å². The van der Waals surface area contributed by atoms with Crippen LogP contribution in [0.15, 0.2) is 24.3 Å². The van der Waals surface area contributed by atoms with E-state index in [1.165, 1.54) is 20.1 Å². The summed E-state index contributed by atoms with van der Waals surface area (Å²) in [4.78, 5) is 35.3. The number of hydrogen-bond acceptors (Lipinski definition) is 5. The molecule has 0 radical (unpaired) electrons. The number of ketones is 1. The Bertz CT molecular complexity index is 520. The van der Waals surface area contributed by atoms with Gasteiger partial charge in [0.1, 0.15) is 11.9 Å². The molecule has 0 aromatic rings. The van der Waals surface area contributed by atoms with Gasteiger partial charge in [0.05, 0.1) is 13.0 Å². The summed E-state index contributed by atoms with van der Waals surface area (Å²) < 4.78 is 10.0. The third-order valence-corrected chi connectivity index (χ3v) is 4.58. The monoisotopic (exact) mass is 336 g/mol. The molecule has 24 heavy (non-hydrogen) atoms. The van der Waals surface area contributed by atoms with Crippen LogP contribution in [0.3, 0.4) is 0 Å². The fourth-order valence-corrected chi connectivity index (χ4v) is 3.31. The molecule has 0 amide bonds. The van der Waals surface area contributed by atoms with E-state index in [1.807, 2.05) is 13.8 Å². The third-order valence-electron chi connectivity index (χ3n) is 4.58. The van der Waals surface area contributed by atoms with Crippen molar-refractivity contribution in [2.75, 3.05) is 7.11 Å². The van der Waals surface area contributed by atoms with E-state index in [9.17, 15) is 14.4 Å². The molecular formula is C19H28O5. The maximum absolute atomic E-state index is 12.7. The Morgan fingerprint density at radius 1 is 1.33 bits per heavy atom. The van der Waals surface area contributed by atoms with E-state index in [2.05, 4.69) is 11.3 Å².